The smallest absolute Gasteiger partial charge is 0.338 e. The average Bonchev–Trinajstić information content (AvgIpc) is 2.72. The fraction of sp³-hybridized carbons (Fsp3) is 0.318. The number of esters is 1. The molecule has 6 heteroatoms. The van der Waals surface area contributed by atoms with Crippen LogP contribution in [-0.4, -0.2) is 24.4 Å². The van der Waals surface area contributed by atoms with Crippen molar-refractivity contribution in [1.29, 1.82) is 0 Å². The van der Waals surface area contributed by atoms with E-state index in [1.54, 1.807) is 18.2 Å². The van der Waals surface area contributed by atoms with Gasteiger partial charge in [0.1, 0.15) is 0 Å². The van der Waals surface area contributed by atoms with Crippen molar-refractivity contribution in [2.24, 2.45) is 0 Å². The Labute approximate surface area is 163 Å². The number of rotatable bonds is 4. The van der Waals surface area contributed by atoms with E-state index in [0.29, 0.717) is 18.4 Å². The zero-order valence-corrected chi connectivity index (χ0v) is 15.5. The van der Waals surface area contributed by atoms with E-state index in [2.05, 4.69) is 16.7 Å². The first-order chi connectivity index (χ1) is 13.6. The highest BCUT2D eigenvalue weighted by atomic mass is 16.5. The SMILES string of the molecule is O=C1CCc2cc(C(=O)OCC(=O)NC3CCCc4ccccc43)ccc2N1. The maximum atomic E-state index is 12.3. The number of ether oxygens (including phenoxy) is 1. The van der Waals surface area contributed by atoms with Crippen LogP contribution >= 0.6 is 0 Å². The molecule has 0 aromatic heterocycles. The molecule has 144 valence electrons. The number of anilines is 1. The second-order valence-electron chi connectivity index (χ2n) is 7.21. The molecular formula is C22H22N2O4. The second kappa shape index (κ2) is 7.84. The maximum Gasteiger partial charge on any atom is 0.338 e. The lowest BCUT2D eigenvalue weighted by Crippen LogP contribution is -2.34. The Kier molecular flexibility index (Phi) is 5.10. The van der Waals surface area contributed by atoms with Crippen LogP contribution in [-0.2, 0) is 27.2 Å². The number of aryl methyl sites for hydroxylation is 2. The van der Waals surface area contributed by atoms with Crippen LogP contribution < -0.4 is 10.6 Å². The van der Waals surface area contributed by atoms with Gasteiger partial charge in [-0.3, -0.25) is 9.59 Å². The number of benzene rings is 2. The minimum Gasteiger partial charge on any atom is -0.452 e. The Balaban J connectivity index is 1.34. The molecule has 2 amide bonds. The highest BCUT2D eigenvalue weighted by Gasteiger charge is 2.22. The Morgan fingerprint density at radius 3 is 2.82 bits per heavy atom. The fourth-order valence-corrected chi connectivity index (χ4v) is 3.86. The van der Waals surface area contributed by atoms with Gasteiger partial charge in [-0.2, -0.15) is 0 Å². The Morgan fingerprint density at radius 2 is 1.93 bits per heavy atom. The summed E-state index contributed by atoms with van der Waals surface area (Å²) in [6.45, 7) is -0.314. The zero-order valence-electron chi connectivity index (χ0n) is 15.5. The molecule has 1 atom stereocenters. The third-order valence-electron chi connectivity index (χ3n) is 5.28. The molecule has 2 aromatic carbocycles. The van der Waals surface area contributed by atoms with Gasteiger partial charge in [0.25, 0.3) is 5.91 Å². The third kappa shape index (κ3) is 3.91. The van der Waals surface area contributed by atoms with Crippen LogP contribution in [0.25, 0.3) is 0 Å². The summed E-state index contributed by atoms with van der Waals surface area (Å²) in [5.41, 5.74) is 4.41. The van der Waals surface area contributed by atoms with Gasteiger partial charge in [-0.1, -0.05) is 24.3 Å². The molecule has 1 unspecified atom stereocenters. The summed E-state index contributed by atoms with van der Waals surface area (Å²) in [6.07, 6.45) is 3.91. The van der Waals surface area contributed by atoms with E-state index >= 15 is 0 Å². The van der Waals surface area contributed by atoms with Gasteiger partial charge in [-0.25, -0.2) is 4.79 Å². The third-order valence-corrected chi connectivity index (χ3v) is 5.28. The molecule has 2 N–H and O–H groups in total. The van der Waals surface area contributed by atoms with Crippen molar-refractivity contribution in [2.75, 3.05) is 11.9 Å². The van der Waals surface area contributed by atoms with Gasteiger partial charge < -0.3 is 15.4 Å². The van der Waals surface area contributed by atoms with Crippen molar-refractivity contribution >= 4 is 23.5 Å². The van der Waals surface area contributed by atoms with E-state index < -0.39 is 5.97 Å². The van der Waals surface area contributed by atoms with Crippen molar-refractivity contribution in [2.45, 2.75) is 38.1 Å². The molecule has 2 aromatic rings. The van der Waals surface area contributed by atoms with Crippen LogP contribution in [0.1, 0.15) is 52.4 Å². The standard InChI is InChI=1S/C22H22N2O4/c25-20-11-9-15-12-16(8-10-18(15)23-20)22(27)28-13-21(26)24-19-7-3-5-14-4-1-2-6-17(14)19/h1-2,4,6,8,10,12,19H,3,5,7,9,11,13H2,(H,23,25)(H,24,26). The summed E-state index contributed by atoms with van der Waals surface area (Å²) in [6, 6.07) is 13.1. The van der Waals surface area contributed by atoms with Crippen LogP contribution in [0, 0.1) is 0 Å². The lowest BCUT2D eigenvalue weighted by Gasteiger charge is -2.26. The van der Waals surface area contributed by atoms with E-state index in [1.165, 1.54) is 5.56 Å². The number of carbonyl (C=O) groups is 3. The summed E-state index contributed by atoms with van der Waals surface area (Å²) in [5, 5.41) is 5.75. The predicted molar refractivity (Wildman–Crippen MR) is 104 cm³/mol. The topological polar surface area (TPSA) is 84.5 Å². The lowest BCUT2D eigenvalue weighted by atomic mass is 9.88. The molecule has 0 fully saturated rings. The summed E-state index contributed by atoms with van der Waals surface area (Å²) >= 11 is 0. The Morgan fingerprint density at radius 1 is 1.07 bits per heavy atom. The van der Waals surface area contributed by atoms with Crippen molar-refractivity contribution in [3.63, 3.8) is 0 Å². The first-order valence-electron chi connectivity index (χ1n) is 9.57. The highest BCUT2D eigenvalue weighted by molar-refractivity contribution is 5.96. The molecule has 1 heterocycles. The molecule has 6 nitrogen and oxygen atoms in total. The summed E-state index contributed by atoms with van der Waals surface area (Å²) in [5.74, 6) is -0.872. The Bertz CT molecular complexity index is 938. The molecule has 4 rings (SSSR count). The van der Waals surface area contributed by atoms with E-state index in [-0.39, 0.29) is 24.5 Å². The fourth-order valence-electron chi connectivity index (χ4n) is 3.86. The minimum atomic E-state index is -0.543. The van der Waals surface area contributed by atoms with E-state index in [1.807, 2.05) is 18.2 Å². The minimum absolute atomic E-state index is 0.0243. The van der Waals surface area contributed by atoms with Crippen LogP contribution in [0.2, 0.25) is 0 Å². The molecule has 0 bridgehead atoms. The number of carbonyl (C=O) groups excluding carboxylic acids is 3. The van der Waals surface area contributed by atoms with Crippen LogP contribution in [0.5, 0.6) is 0 Å². The molecule has 0 saturated heterocycles. The number of hydrogen-bond donors (Lipinski definition) is 2. The van der Waals surface area contributed by atoms with Gasteiger partial charge in [-0.15, -0.1) is 0 Å². The summed E-state index contributed by atoms with van der Waals surface area (Å²) in [4.78, 5) is 36.0. The van der Waals surface area contributed by atoms with Gasteiger partial charge in [0.05, 0.1) is 11.6 Å². The van der Waals surface area contributed by atoms with Crippen LogP contribution in [0.3, 0.4) is 0 Å². The second-order valence-corrected chi connectivity index (χ2v) is 7.21. The van der Waals surface area contributed by atoms with Crippen molar-refractivity contribution in [3.05, 3.63) is 64.7 Å². The van der Waals surface area contributed by atoms with Gasteiger partial charge in [0.2, 0.25) is 5.91 Å². The number of fused-ring (bicyclic) bond motifs is 2. The first kappa shape index (κ1) is 18.2. The zero-order chi connectivity index (χ0) is 19.5. The normalized spacial score (nSPS) is 17.7. The average molecular weight is 378 g/mol. The van der Waals surface area contributed by atoms with E-state index in [0.717, 1.165) is 36.1 Å². The summed E-state index contributed by atoms with van der Waals surface area (Å²) in [7, 11) is 0. The van der Waals surface area contributed by atoms with Crippen molar-refractivity contribution in [3.8, 4) is 0 Å². The molecule has 1 aliphatic carbocycles. The molecule has 2 aliphatic rings. The van der Waals surface area contributed by atoms with Gasteiger partial charge in [0.15, 0.2) is 6.61 Å². The number of hydrogen-bond acceptors (Lipinski definition) is 4. The molecule has 0 saturated carbocycles. The van der Waals surface area contributed by atoms with Crippen molar-refractivity contribution in [1.82, 2.24) is 5.32 Å². The van der Waals surface area contributed by atoms with Crippen LogP contribution in [0.4, 0.5) is 5.69 Å². The molecule has 1 aliphatic heterocycles. The molecular weight excluding hydrogens is 356 g/mol. The monoisotopic (exact) mass is 378 g/mol. The number of amides is 2. The highest BCUT2D eigenvalue weighted by Crippen LogP contribution is 2.29. The largest absolute Gasteiger partial charge is 0.452 e. The Hall–Kier alpha value is -3.15. The van der Waals surface area contributed by atoms with E-state index in [9.17, 15) is 14.4 Å². The van der Waals surface area contributed by atoms with Gasteiger partial charge in [-0.05, 0) is 60.6 Å². The van der Waals surface area contributed by atoms with Gasteiger partial charge >= 0.3 is 5.97 Å². The first-order valence-corrected chi connectivity index (χ1v) is 9.57. The van der Waals surface area contributed by atoms with E-state index in [4.69, 9.17) is 4.74 Å². The molecule has 0 spiro atoms. The van der Waals surface area contributed by atoms with Gasteiger partial charge in [0, 0.05) is 12.1 Å². The lowest BCUT2D eigenvalue weighted by molar-refractivity contribution is -0.125. The quantitative estimate of drug-likeness (QED) is 0.801. The van der Waals surface area contributed by atoms with Crippen LogP contribution in [0.15, 0.2) is 42.5 Å². The molecule has 0 radical (unpaired) electrons. The molecule has 28 heavy (non-hydrogen) atoms. The predicted octanol–water partition coefficient (Wildman–Crippen LogP) is 2.92. The number of nitrogens with one attached hydrogen (secondary N) is 2. The maximum absolute atomic E-state index is 12.3. The summed E-state index contributed by atoms with van der Waals surface area (Å²) < 4.78 is 5.19. The van der Waals surface area contributed by atoms with Crippen molar-refractivity contribution < 1.29 is 19.1 Å².